The Bertz CT molecular complexity index is 658. The SMILES string of the molecule is C#CCN/C(=C/[N+](=O)[O-])NCCSCc1ccc(CN(C)CC#C)o1. The summed E-state index contributed by atoms with van der Waals surface area (Å²) in [6, 6.07) is 3.90. The molecule has 1 rings (SSSR count). The van der Waals surface area contributed by atoms with E-state index < -0.39 is 4.92 Å². The van der Waals surface area contributed by atoms with Gasteiger partial charge in [-0.2, -0.15) is 11.8 Å². The van der Waals surface area contributed by atoms with Crippen LogP contribution in [0.15, 0.2) is 28.6 Å². The first-order valence-corrected chi connectivity index (χ1v) is 8.74. The van der Waals surface area contributed by atoms with Gasteiger partial charge in [0.05, 0.1) is 30.3 Å². The van der Waals surface area contributed by atoms with Crippen LogP contribution >= 0.6 is 11.8 Å². The largest absolute Gasteiger partial charge is 0.464 e. The Kier molecular flexibility index (Phi) is 9.76. The Hall–Kier alpha value is -2.55. The van der Waals surface area contributed by atoms with Gasteiger partial charge < -0.3 is 15.1 Å². The fourth-order valence-corrected chi connectivity index (χ4v) is 2.65. The molecule has 1 aromatic heterocycles. The molecule has 0 radical (unpaired) electrons. The number of nitrogens with zero attached hydrogens (tertiary/aromatic N) is 2. The number of hydrogen-bond acceptors (Lipinski definition) is 7. The first-order valence-electron chi connectivity index (χ1n) is 7.59. The zero-order chi connectivity index (χ0) is 18.5. The summed E-state index contributed by atoms with van der Waals surface area (Å²) in [5.74, 6) is 8.52. The minimum atomic E-state index is -0.527. The number of nitro groups is 1. The second-order valence-corrected chi connectivity index (χ2v) is 6.21. The molecule has 1 aromatic rings. The molecule has 0 aliphatic carbocycles. The van der Waals surface area contributed by atoms with Crippen molar-refractivity contribution in [3.05, 3.63) is 45.8 Å². The summed E-state index contributed by atoms with van der Waals surface area (Å²) in [5, 5.41) is 16.3. The summed E-state index contributed by atoms with van der Waals surface area (Å²) in [5.41, 5.74) is 0. The molecule has 7 nitrogen and oxygen atoms in total. The predicted molar refractivity (Wildman–Crippen MR) is 100.0 cm³/mol. The van der Waals surface area contributed by atoms with Crippen LogP contribution in [0.4, 0.5) is 0 Å². The maximum absolute atomic E-state index is 10.5. The second-order valence-electron chi connectivity index (χ2n) is 5.11. The fraction of sp³-hybridized carbons (Fsp3) is 0.412. The molecular weight excluding hydrogens is 340 g/mol. The monoisotopic (exact) mass is 362 g/mol. The van der Waals surface area contributed by atoms with Crippen LogP contribution in [0.1, 0.15) is 11.5 Å². The van der Waals surface area contributed by atoms with E-state index in [0.717, 1.165) is 29.2 Å². The molecule has 25 heavy (non-hydrogen) atoms. The summed E-state index contributed by atoms with van der Waals surface area (Å²) in [6.45, 7) is 2.04. The predicted octanol–water partition coefficient (Wildman–Crippen LogP) is 1.47. The molecule has 2 N–H and O–H groups in total. The lowest BCUT2D eigenvalue weighted by atomic mass is 10.4. The molecule has 1 heterocycles. The Morgan fingerprint density at radius 3 is 2.84 bits per heavy atom. The number of furan rings is 1. The van der Waals surface area contributed by atoms with Crippen LogP contribution in [-0.2, 0) is 12.3 Å². The lowest BCUT2D eigenvalue weighted by Gasteiger charge is -2.10. The van der Waals surface area contributed by atoms with Crippen molar-refractivity contribution in [2.45, 2.75) is 12.3 Å². The summed E-state index contributed by atoms with van der Waals surface area (Å²) >= 11 is 1.67. The molecule has 0 saturated heterocycles. The Balaban J connectivity index is 2.29. The van der Waals surface area contributed by atoms with Gasteiger partial charge in [0.2, 0.25) is 0 Å². The van der Waals surface area contributed by atoms with Gasteiger partial charge in [-0.1, -0.05) is 11.8 Å². The third-order valence-corrected chi connectivity index (χ3v) is 3.91. The molecule has 0 spiro atoms. The molecule has 0 aliphatic rings. The summed E-state index contributed by atoms with van der Waals surface area (Å²) in [4.78, 5) is 12.0. The second kappa shape index (κ2) is 11.9. The Labute approximate surface area is 152 Å². The van der Waals surface area contributed by atoms with E-state index in [1.165, 1.54) is 0 Å². The topological polar surface area (TPSA) is 83.6 Å². The van der Waals surface area contributed by atoms with E-state index in [1.807, 2.05) is 24.1 Å². The smallest absolute Gasteiger partial charge is 0.274 e. The third-order valence-electron chi connectivity index (χ3n) is 2.93. The lowest BCUT2D eigenvalue weighted by Crippen LogP contribution is -2.29. The van der Waals surface area contributed by atoms with E-state index in [0.29, 0.717) is 25.5 Å². The van der Waals surface area contributed by atoms with Crippen molar-refractivity contribution in [1.29, 1.82) is 0 Å². The highest BCUT2D eigenvalue weighted by Gasteiger charge is 2.05. The summed E-state index contributed by atoms with van der Waals surface area (Å²) in [7, 11) is 1.94. The number of hydrogen-bond donors (Lipinski definition) is 2. The van der Waals surface area contributed by atoms with E-state index in [1.54, 1.807) is 11.8 Å². The summed E-state index contributed by atoms with van der Waals surface area (Å²) in [6.07, 6.45) is 11.3. The van der Waals surface area contributed by atoms with Gasteiger partial charge in [0.1, 0.15) is 11.5 Å². The van der Waals surface area contributed by atoms with Crippen LogP contribution in [0.2, 0.25) is 0 Å². The van der Waals surface area contributed by atoms with Crippen LogP contribution in [0.5, 0.6) is 0 Å². The van der Waals surface area contributed by atoms with Crippen LogP contribution in [0, 0.1) is 34.8 Å². The van der Waals surface area contributed by atoms with Crippen molar-refractivity contribution < 1.29 is 9.34 Å². The van der Waals surface area contributed by atoms with Crippen molar-refractivity contribution in [3.63, 3.8) is 0 Å². The molecule has 0 bridgehead atoms. The fourth-order valence-electron chi connectivity index (χ4n) is 1.90. The van der Waals surface area contributed by atoms with E-state index in [2.05, 4.69) is 22.5 Å². The first kappa shape index (κ1) is 20.5. The van der Waals surface area contributed by atoms with Crippen molar-refractivity contribution in [3.8, 4) is 24.7 Å². The Morgan fingerprint density at radius 2 is 2.16 bits per heavy atom. The van der Waals surface area contributed by atoms with Gasteiger partial charge in [0.25, 0.3) is 6.20 Å². The van der Waals surface area contributed by atoms with Gasteiger partial charge in [0, 0.05) is 12.3 Å². The minimum Gasteiger partial charge on any atom is -0.464 e. The van der Waals surface area contributed by atoms with Crippen molar-refractivity contribution in [1.82, 2.24) is 15.5 Å². The molecule has 0 aromatic carbocycles. The highest BCUT2D eigenvalue weighted by Crippen LogP contribution is 2.16. The van der Waals surface area contributed by atoms with Gasteiger partial charge >= 0.3 is 0 Å². The Morgan fingerprint density at radius 1 is 1.40 bits per heavy atom. The molecule has 0 atom stereocenters. The number of rotatable bonds is 12. The third kappa shape index (κ3) is 9.36. The number of nitrogens with one attached hydrogen (secondary N) is 2. The van der Waals surface area contributed by atoms with E-state index >= 15 is 0 Å². The molecule has 8 heteroatoms. The van der Waals surface area contributed by atoms with Gasteiger partial charge in [-0.05, 0) is 19.2 Å². The number of terminal acetylenes is 2. The molecular formula is C17H22N4O3S. The molecule has 0 fully saturated rings. The van der Waals surface area contributed by atoms with Gasteiger partial charge in [0.15, 0.2) is 5.82 Å². The zero-order valence-electron chi connectivity index (χ0n) is 14.2. The molecule has 0 aliphatic heterocycles. The van der Waals surface area contributed by atoms with Gasteiger partial charge in [-0.3, -0.25) is 15.0 Å². The minimum absolute atomic E-state index is 0.225. The van der Waals surface area contributed by atoms with Crippen molar-refractivity contribution in [2.24, 2.45) is 0 Å². The molecule has 134 valence electrons. The van der Waals surface area contributed by atoms with Gasteiger partial charge in [-0.15, -0.1) is 12.8 Å². The maximum Gasteiger partial charge on any atom is 0.274 e. The average molecular weight is 362 g/mol. The molecule has 0 unspecified atom stereocenters. The van der Waals surface area contributed by atoms with E-state index in [4.69, 9.17) is 17.3 Å². The quantitative estimate of drug-likeness (QED) is 0.252. The maximum atomic E-state index is 10.5. The lowest BCUT2D eigenvalue weighted by molar-refractivity contribution is -0.404. The van der Waals surface area contributed by atoms with Crippen LogP contribution < -0.4 is 10.6 Å². The van der Waals surface area contributed by atoms with Crippen LogP contribution in [0.25, 0.3) is 0 Å². The standard InChI is InChI=1S/C17H22N4O3S/c1-4-8-18-17(13-21(22)23)19-9-11-25-14-16-7-6-15(24-16)12-20(3)10-5-2/h1-2,6-7,13,18-19H,8-12,14H2,3H3/b17-13-. The normalized spacial score (nSPS) is 11.0. The van der Waals surface area contributed by atoms with Crippen LogP contribution in [0.3, 0.4) is 0 Å². The van der Waals surface area contributed by atoms with Crippen LogP contribution in [-0.4, -0.2) is 42.3 Å². The number of thioether (sulfide) groups is 1. The highest BCUT2D eigenvalue weighted by molar-refractivity contribution is 7.98. The van der Waals surface area contributed by atoms with Crippen molar-refractivity contribution in [2.75, 3.05) is 32.4 Å². The average Bonchev–Trinajstić information content (AvgIpc) is 2.99. The molecule has 0 amide bonds. The summed E-state index contributed by atoms with van der Waals surface area (Å²) < 4.78 is 5.75. The van der Waals surface area contributed by atoms with E-state index in [9.17, 15) is 10.1 Å². The molecule has 0 saturated carbocycles. The van der Waals surface area contributed by atoms with Gasteiger partial charge in [-0.25, -0.2) is 0 Å². The van der Waals surface area contributed by atoms with E-state index in [-0.39, 0.29) is 6.54 Å². The highest BCUT2D eigenvalue weighted by atomic mass is 32.2. The first-order chi connectivity index (χ1) is 12.0. The van der Waals surface area contributed by atoms with Crippen molar-refractivity contribution >= 4 is 11.8 Å². The zero-order valence-corrected chi connectivity index (χ0v) is 15.0.